The topological polar surface area (TPSA) is 89.7 Å². The lowest BCUT2D eigenvalue weighted by molar-refractivity contribution is -0.494. The average molecular weight is 293 g/mol. The van der Waals surface area contributed by atoms with Gasteiger partial charge in [-0.15, -0.1) is 0 Å². The van der Waals surface area contributed by atoms with Gasteiger partial charge in [-0.1, -0.05) is 36.4 Å². The fourth-order valence-electron chi connectivity index (χ4n) is 1.55. The van der Waals surface area contributed by atoms with E-state index in [0.717, 1.165) is 6.08 Å². The number of nitro groups is 1. The third kappa shape index (κ3) is 5.74. The Morgan fingerprint density at radius 1 is 1.33 bits per heavy atom. The molecule has 1 rings (SSSR count). The molecule has 0 heterocycles. The highest BCUT2D eigenvalue weighted by Gasteiger charge is 2.42. The van der Waals surface area contributed by atoms with Gasteiger partial charge in [0.1, 0.15) is 5.60 Å². The minimum absolute atomic E-state index is 0.711. The molecule has 0 unspecified atom stereocenters. The molecule has 0 fully saturated rings. The summed E-state index contributed by atoms with van der Waals surface area (Å²) in [4.78, 5) is 22.0. The smallest absolute Gasteiger partial charge is 0.349 e. The fourth-order valence-corrected chi connectivity index (χ4v) is 1.55. The molecule has 0 amide bonds. The summed E-state index contributed by atoms with van der Waals surface area (Å²) in [6.07, 6.45) is 2.55. The maximum Gasteiger partial charge on any atom is 0.349 e. The standard InChI is InChI=1S/C15H19NO5/c1-14(2,3)21-13(17)15(18,11-16(19)20)10-9-12-7-5-4-6-8-12/h4-10,18H,11H2,1-3H3/b10-9+/t15-/m0/s1. The van der Waals surface area contributed by atoms with Crippen LogP contribution in [0.25, 0.3) is 6.08 Å². The molecule has 1 aromatic rings. The van der Waals surface area contributed by atoms with Crippen LogP contribution in [0.5, 0.6) is 0 Å². The number of carbonyl (C=O) groups excluding carboxylic acids is 1. The summed E-state index contributed by atoms with van der Waals surface area (Å²) in [5.41, 5.74) is -2.43. The van der Waals surface area contributed by atoms with E-state index in [2.05, 4.69) is 0 Å². The summed E-state index contributed by atoms with van der Waals surface area (Å²) in [6.45, 7) is 3.92. The van der Waals surface area contributed by atoms with Crippen molar-refractivity contribution in [2.24, 2.45) is 0 Å². The monoisotopic (exact) mass is 293 g/mol. The molecule has 114 valence electrons. The Labute approximate surface area is 123 Å². The number of hydrogen-bond acceptors (Lipinski definition) is 5. The molecule has 1 N–H and O–H groups in total. The van der Waals surface area contributed by atoms with Gasteiger partial charge in [-0.3, -0.25) is 10.1 Å². The predicted octanol–water partition coefficient (Wildman–Crippen LogP) is 2.05. The molecule has 1 atom stereocenters. The van der Waals surface area contributed by atoms with Crippen LogP contribution in [0.4, 0.5) is 0 Å². The van der Waals surface area contributed by atoms with Crippen LogP contribution in [0, 0.1) is 10.1 Å². The summed E-state index contributed by atoms with van der Waals surface area (Å²) in [5.74, 6) is -1.04. The minimum Gasteiger partial charge on any atom is -0.457 e. The molecule has 0 aliphatic carbocycles. The molecule has 1 aromatic carbocycles. The first kappa shape index (κ1) is 16.8. The van der Waals surface area contributed by atoms with E-state index in [-0.39, 0.29) is 0 Å². The summed E-state index contributed by atoms with van der Waals surface area (Å²) >= 11 is 0. The number of aliphatic hydroxyl groups is 1. The van der Waals surface area contributed by atoms with Gasteiger partial charge in [0.2, 0.25) is 12.1 Å². The average Bonchev–Trinajstić information content (AvgIpc) is 2.35. The van der Waals surface area contributed by atoms with Gasteiger partial charge < -0.3 is 9.84 Å². The second-order valence-electron chi connectivity index (χ2n) is 5.66. The van der Waals surface area contributed by atoms with Crippen LogP contribution in [0.15, 0.2) is 36.4 Å². The summed E-state index contributed by atoms with van der Waals surface area (Å²) < 4.78 is 5.05. The first-order chi connectivity index (χ1) is 9.62. The molecule has 0 aliphatic rings. The first-order valence-corrected chi connectivity index (χ1v) is 6.44. The Kier molecular flexibility index (Phi) is 5.21. The summed E-state index contributed by atoms with van der Waals surface area (Å²) in [6, 6.07) is 8.87. The van der Waals surface area contributed by atoms with Gasteiger partial charge >= 0.3 is 5.97 Å². The molecule has 0 saturated heterocycles. The molecule has 0 radical (unpaired) electrons. The van der Waals surface area contributed by atoms with E-state index in [4.69, 9.17) is 4.74 Å². The SMILES string of the molecule is CC(C)(C)OC(=O)[C@](O)(/C=C/c1ccccc1)C[N+](=O)[O-]. The number of carbonyl (C=O) groups is 1. The highest BCUT2D eigenvalue weighted by Crippen LogP contribution is 2.18. The lowest BCUT2D eigenvalue weighted by Crippen LogP contribution is -2.47. The van der Waals surface area contributed by atoms with Gasteiger partial charge in [0.05, 0.1) is 0 Å². The van der Waals surface area contributed by atoms with E-state index < -0.39 is 28.6 Å². The third-order valence-electron chi connectivity index (χ3n) is 2.47. The van der Waals surface area contributed by atoms with E-state index in [1.54, 1.807) is 45.0 Å². The summed E-state index contributed by atoms with van der Waals surface area (Å²) in [7, 11) is 0. The van der Waals surface area contributed by atoms with E-state index in [0.29, 0.717) is 5.56 Å². The van der Waals surface area contributed by atoms with Crippen molar-refractivity contribution in [3.8, 4) is 0 Å². The highest BCUT2D eigenvalue weighted by molar-refractivity contribution is 5.83. The van der Waals surface area contributed by atoms with Crippen molar-refractivity contribution in [1.29, 1.82) is 0 Å². The van der Waals surface area contributed by atoms with E-state index in [1.165, 1.54) is 6.08 Å². The Morgan fingerprint density at radius 2 is 1.90 bits per heavy atom. The van der Waals surface area contributed by atoms with Crippen LogP contribution in [0.2, 0.25) is 0 Å². The Balaban J connectivity index is 3.01. The Hall–Kier alpha value is -2.21. The molecular formula is C15H19NO5. The van der Waals surface area contributed by atoms with Crippen molar-refractivity contribution in [3.05, 3.63) is 52.1 Å². The summed E-state index contributed by atoms with van der Waals surface area (Å²) in [5, 5.41) is 21.0. The number of esters is 1. The zero-order valence-electron chi connectivity index (χ0n) is 12.3. The number of nitrogens with zero attached hydrogens (tertiary/aromatic N) is 1. The maximum atomic E-state index is 12.0. The quantitative estimate of drug-likeness (QED) is 0.510. The Morgan fingerprint density at radius 3 is 2.38 bits per heavy atom. The number of rotatable bonds is 5. The largest absolute Gasteiger partial charge is 0.457 e. The number of benzene rings is 1. The second-order valence-corrected chi connectivity index (χ2v) is 5.66. The molecule has 0 spiro atoms. The highest BCUT2D eigenvalue weighted by atomic mass is 16.6. The van der Waals surface area contributed by atoms with Crippen LogP contribution in [0.3, 0.4) is 0 Å². The zero-order chi connectivity index (χ0) is 16.1. The van der Waals surface area contributed by atoms with E-state index in [1.807, 2.05) is 6.07 Å². The van der Waals surface area contributed by atoms with Crippen LogP contribution in [-0.2, 0) is 9.53 Å². The molecule has 0 aliphatic heterocycles. The molecule has 21 heavy (non-hydrogen) atoms. The Bertz CT molecular complexity index is 533. The lowest BCUT2D eigenvalue weighted by atomic mass is 10.0. The van der Waals surface area contributed by atoms with Gasteiger partial charge in [-0.2, -0.15) is 0 Å². The predicted molar refractivity (Wildman–Crippen MR) is 78.1 cm³/mol. The van der Waals surface area contributed by atoms with Crippen LogP contribution in [-0.4, -0.2) is 33.7 Å². The van der Waals surface area contributed by atoms with Gasteiger partial charge in [0.25, 0.3) is 0 Å². The van der Waals surface area contributed by atoms with Crippen molar-refractivity contribution in [2.45, 2.75) is 32.0 Å². The van der Waals surface area contributed by atoms with Gasteiger partial charge in [0.15, 0.2) is 0 Å². The lowest BCUT2D eigenvalue weighted by Gasteiger charge is -2.25. The molecule has 0 aromatic heterocycles. The fraction of sp³-hybridized carbons (Fsp3) is 0.400. The molecule has 0 saturated carbocycles. The maximum absolute atomic E-state index is 12.0. The van der Waals surface area contributed by atoms with Crippen molar-refractivity contribution in [2.75, 3.05) is 6.54 Å². The number of ether oxygens (including phenoxy) is 1. The van der Waals surface area contributed by atoms with E-state index in [9.17, 15) is 20.0 Å². The van der Waals surface area contributed by atoms with Crippen molar-refractivity contribution >= 4 is 12.0 Å². The normalized spacial score (nSPS) is 14.7. The van der Waals surface area contributed by atoms with Gasteiger partial charge in [-0.25, -0.2) is 4.79 Å². The second kappa shape index (κ2) is 6.49. The molecule has 6 nitrogen and oxygen atoms in total. The van der Waals surface area contributed by atoms with Crippen molar-refractivity contribution < 1.29 is 19.6 Å². The van der Waals surface area contributed by atoms with Crippen molar-refractivity contribution in [1.82, 2.24) is 0 Å². The van der Waals surface area contributed by atoms with E-state index >= 15 is 0 Å². The zero-order valence-corrected chi connectivity index (χ0v) is 12.3. The van der Waals surface area contributed by atoms with Gasteiger partial charge in [0, 0.05) is 4.92 Å². The van der Waals surface area contributed by atoms with Crippen molar-refractivity contribution in [3.63, 3.8) is 0 Å². The first-order valence-electron chi connectivity index (χ1n) is 6.44. The molecular weight excluding hydrogens is 274 g/mol. The number of hydrogen-bond donors (Lipinski definition) is 1. The van der Waals surface area contributed by atoms with Crippen LogP contribution in [0.1, 0.15) is 26.3 Å². The van der Waals surface area contributed by atoms with Crippen LogP contribution < -0.4 is 0 Å². The van der Waals surface area contributed by atoms with Gasteiger partial charge in [-0.05, 0) is 32.4 Å². The molecule has 0 bridgehead atoms. The van der Waals surface area contributed by atoms with Crippen LogP contribution >= 0.6 is 0 Å². The minimum atomic E-state index is -2.30. The third-order valence-corrected chi connectivity index (χ3v) is 2.47. The molecule has 6 heteroatoms.